The molecule has 6 nitrogen and oxygen atoms in total. The van der Waals surface area contributed by atoms with Gasteiger partial charge in [0.05, 0.1) is 4.92 Å². The Hall–Kier alpha value is -2.70. The lowest BCUT2D eigenvalue weighted by molar-refractivity contribution is -0.387. The molecule has 0 bridgehead atoms. The first-order valence-electron chi connectivity index (χ1n) is 5.80. The quantitative estimate of drug-likeness (QED) is 0.691. The minimum atomic E-state index is -0.972. The molecule has 20 heavy (non-hydrogen) atoms. The van der Waals surface area contributed by atoms with E-state index in [1.165, 1.54) is 6.07 Å². The summed E-state index contributed by atoms with van der Waals surface area (Å²) in [4.78, 5) is 21.8. The summed E-state index contributed by atoms with van der Waals surface area (Å²) in [6, 6.07) is 6.67. The summed E-state index contributed by atoms with van der Waals surface area (Å²) in [5.41, 5.74) is 3.51. The number of amides is 1. The van der Waals surface area contributed by atoms with E-state index in [4.69, 9.17) is 0 Å². The fourth-order valence-corrected chi connectivity index (χ4v) is 1.80. The lowest BCUT2D eigenvalue weighted by atomic mass is 10.2. The Labute approximate surface area is 114 Å². The van der Waals surface area contributed by atoms with E-state index in [0.717, 1.165) is 23.5 Å². The van der Waals surface area contributed by atoms with Crippen molar-refractivity contribution in [2.45, 2.75) is 13.8 Å². The molecule has 0 radical (unpaired) electrons. The van der Waals surface area contributed by atoms with Gasteiger partial charge in [-0.25, -0.2) is 0 Å². The topological polar surface area (TPSA) is 77.2 Å². The molecule has 104 valence electrons. The van der Waals surface area contributed by atoms with Gasteiger partial charge in [-0.15, -0.1) is 0 Å². The van der Waals surface area contributed by atoms with Gasteiger partial charge in [0.15, 0.2) is 0 Å². The van der Waals surface area contributed by atoms with Crippen molar-refractivity contribution in [3.05, 3.63) is 63.2 Å². The predicted molar refractivity (Wildman–Crippen MR) is 70.7 cm³/mol. The van der Waals surface area contributed by atoms with Crippen LogP contribution in [0.25, 0.3) is 0 Å². The van der Waals surface area contributed by atoms with Gasteiger partial charge in [0.25, 0.3) is 5.91 Å². The van der Waals surface area contributed by atoms with Crippen LogP contribution in [-0.2, 0) is 0 Å². The molecule has 0 unspecified atom stereocenters. The maximum absolute atomic E-state index is 13.2. The van der Waals surface area contributed by atoms with Gasteiger partial charge in [0, 0.05) is 23.0 Å². The smallest absolute Gasteiger partial charge is 0.267 e. The van der Waals surface area contributed by atoms with E-state index in [9.17, 15) is 19.3 Å². The summed E-state index contributed by atoms with van der Waals surface area (Å²) in [6.45, 7) is 3.61. The summed E-state index contributed by atoms with van der Waals surface area (Å²) < 4.78 is 14.8. The Bertz CT molecular complexity index is 675. The zero-order valence-corrected chi connectivity index (χ0v) is 10.9. The highest BCUT2D eigenvalue weighted by molar-refractivity contribution is 6.00. The molecular formula is C13H12FN3O3. The number of aromatic nitrogens is 1. The van der Waals surface area contributed by atoms with Gasteiger partial charge in [-0.05, 0) is 38.1 Å². The Morgan fingerprint density at radius 2 is 1.85 bits per heavy atom. The Balaban J connectivity index is 2.30. The van der Waals surface area contributed by atoms with Gasteiger partial charge < -0.3 is 0 Å². The van der Waals surface area contributed by atoms with Crippen LogP contribution in [0.3, 0.4) is 0 Å². The zero-order chi connectivity index (χ0) is 14.9. The van der Waals surface area contributed by atoms with Crippen LogP contribution in [0, 0.1) is 29.8 Å². The van der Waals surface area contributed by atoms with E-state index in [1.807, 2.05) is 12.1 Å². The van der Waals surface area contributed by atoms with Crippen molar-refractivity contribution >= 4 is 11.6 Å². The summed E-state index contributed by atoms with van der Waals surface area (Å²) in [6.07, 6.45) is 0. The number of nitrogens with one attached hydrogen (secondary N) is 1. The van der Waals surface area contributed by atoms with Gasteiger partial charge in [-0.2, -0.15) is 4.39 Å². The molecule has 0 saturated carbocycles. The van der Waals surface area contributed by atoms with Crippen molar-refractivity contribution in [1.29, 1.82) is 0 Å². The molecule has 0 saturated heterocycles. The van der Waals surface area contributed by atoms with Gasteiger partial charge in [0.1, 0.15) is 0 Å². The first-order valence-corrected chi connectivity index (χ1v) is 5.80. The van der Waals surface area contributed by atoms with Crippen molar-refractivity contribution in [2.24, 2.45) is 0 Å². The normalized spacial score (nSPS) is 10.3. The number of hydrogen-bond donors (Lipinski definition) is 1. The Morgan fingerprint density at radius 3 is 2.40 bits per heavy atom. The summed E-state index contributed by atoms with van der Waals surface area (Å²) in [7, 11) is 0. The monoisotopic (exact) mass is 277 g/mol. The van der Waals surface area contributed by atoms with Crippen molar-refractivity contribution < 1.29 is 14.1 Å². The van der Waals surface area contributed by atoms with Gasteiger partial charge in [0.2, 0.25) is 5.82 Å². The largest absolute Gasteiger partial charge is 0.305 e. The molecule has 1 heterocycles. The van der Waals surface area contributed by atoms with Crippen LogP contribution >= 0.6 is 0 Å². The van der Waals surface area contributed by atoms with Crippen LogP contribution < -0.4 is 5.43 Å². The SMILES string of the molecule is Cc1ccc(C)n1NC(=O)c1ccc(F)c([N+](=O)[O-])c1. The molecule has 1 amide bonds. The molecule has 0 aliphatic carbocycles. The molecule has 1 aromatic carbocycles. The van der Waals surface area contributed by atoms with E-state index < -0.39 is 22.3 Å². The highest BCUT2D eigenvalue weighted by Crippen LogP contribution is 2.18. The van der Waals surface area contributed by atoms with E-state index in [2.05, 4.69) is 5.43 Å². The molecule has 0 aliphatic rings. The van der Waals surface area contributed by atoms with E-state index in [0.29, 0.717) is 0 Å². The molecule has 0 spiro atoms. The maximum atomic E-state index is 13.2. The van der Waals surface area contributed by atoms with Gasteiger partial charge in [-0.3, -0.25) is 25.0 Å². The number of rotatable bonds is 3. The molecule has 2 rings (SSSR count). The van der Waals surface area contributed by atoms with E-state index in [-0.39, 0.29) is 5.56 Å². The fraction of sp³-hybridized carbons (Fsp3) is 0.154. The van der Waals surface area contributed by atoms with Gasteiger partial charge in [-0.1, -0.05) is 0 Å². The standard InChI is InChI=1S/C13H12FN3O3/c1-8-3-4-9(2)16(8)15-13(18)10-5-6-11(14)12(7-10)17(19)20/h3-7H,1-2H3,(H,15,18). The third-order valence-corrected chi connectivity index (χ3v) is 2.89. The first-order chi connectivity index (χ1) is 9.40. The van der Waals surface area contributed by atoms with Crippen LogP contribution in [-0.4, -0.2) is 15.5 Å². The fourth-order valence-electron chi connectivity index (χ4n) is 1.80. The van der Waals surface area contributed by atoms with Crippen LogP contribution in [0.15, 0.2) is 30.3 Å². The van der Waals surface area contributed by atoms with E-state index in [1.54, 1.807) is 18.5 Å². The third-order valence-electron chi connectivity index (χ3n) is 2.89. The number of carbonyl (C=O) groups excluding carboxylic acids is 1. The van der Waals surface area contributed by atoms with Crippen molar-refractivity contribution in [1.82, 2.24) is 4.68 Å². The molecular weight excluding hydrogens is 265 g/mol. The Kier molecular flexibility index (Phi) is 3.51. The first kappa shape index (κ1) is 13.7. The molecule has 2 aromatic rings. The predicted octanol–water partition coefficient (Wildman–Crippen LogP) is 2.54. The molecule has 1 N–H and O–H groups in total. The molecule has 1 aromatic heterocycles. The lowest BCUT2D eigenvalue weighted by Crippen LogP contribution is -2.24. The van der Waals surface area contributed by atoms with Crippen LogP contribution in [0.1, 0.15) is 21.7 Å². The third kappa shape index (κ3) is 2.51. The van der Waals surface area contributed by atoms with Crippen molar-refractivity contribution in [2.75, 3.05) is 5.43 Å². The number of benzene rings is 1. The van der Waals surface area contributed by atoms with Crippen LogP contribution in [0.2, 0.25) is 0 Å². The van der Waals surface area contributed by atoms with Crippen molar-refractivity contribution in [3.63, 3.8) is 0 Å². The molecule has 0 aliphatic heterocycles. The van der Waals surface area contributed by atoms with Crippen molar-refractivity contribution in [3.8, 4) is 0 Å². The summed E-state index contributed by atoms with van der Waals surface area (Å²) >= 11 is 0. The number of nitro groups is 1. The molecule has 0 fully saturated rings. The van der Waals surface area contributed by atoms with Crippen LogP contribution in [0.4, 0.5) is 10.1 Å². The van der Waals surface area contributed by atoms with Crippen LogP contribution in [0.5, 0.6) is 0 Å². The van der Waals surface area contributed by atoms with Gasteiger partial charge >= 0.3 is 5.69 Å². The minimum Gasteiger partial charge on any atom is -0.267 e. The highest BCUT2D eigenvalue weighted by Gasteiger charge is 2.18. The number of nitrogens with zero attached hydrogens (tertiary/aromatic N) is 2. The average molecular weight is 277 g/mol. The highest BCUT2D eigenvalue weighted by atomic mass is 19.1. The second kappa shape index (κ2) is 5.12. The number of carbonyl (C=O) groups is 1. The maximum Gasteiger partial charge on any atom is 0.305 e. The second-order valence-corrected chi connectivity index (χ2v) is 4.32. The minimum absolute atomic E-state index is 0.0191. The number of hydrogen-bond acceptors (Lipinski definition) is 3. The second-order valence-electron chi connectivity index (χ2n) is 4.32. The van der Waals surface area contributed by atoms with E-state index >= 15 is 0 Å². The number of nitro benzene ring substituents is 1. The Morgan fingerprint density at radius 1 is 1.25 bits per heavy atom. The lowest BCUT2D eigenvalue weighted by Gasteiger charge is -2.11. The molecule has 0 atom stereocenters. The zero-order valence-electron chi connectivity index (χ0n) is 10.9. The molecule has 7 heteroatoms. The number of aryl methyl sites for hydroxylation is 2. The summed E-state index contributed by atoms with van der Waals surface area (Å²) in [5.74, 6) is -1.52. The number of halogens is 1. The summed E-state index contributed by atoms with van der Waals surface area (Å²) in [5, 5.41) is 10.7. The average Bonchev–Trinajstić information content (AvgIpc) is 2.70.